The maximum atomic E-state index is 12.6. The molecule has 2 rings (SSSR count). The van der Waals surface area contributed by atoms with E-state index in [4.69, 9.17) is 17.0 Å². The van der Waals surface area contributed by atoms with Gasteiger partial charge in [0.15, 0.2) is 5.11 Å². The summed E-state index contributed by atoms with van der Waals surface area (Å²) >= 11 is 5.26. The molecule has 6 nitrogen and oxygen atoms in total. The zero-order valence-corrected chi connectivity index (χ0v) is 17.9. The molecule has 154 valence electrons. The third-order valence-electron chi connectivity index (χ3n) is 3.84. The number of hydrogen-bond acceptors (Lipinski definition) is 4. The minimum Gasteiger partial charge on any atom is -0.492 e. The van der Waals surface area contributed by atoms with Crippen molar-refractivity contribution < 1.29 is 14.3 Å². The minimum absolute atomic E-state index is 0.0731. The van der Waals surface area contributed by atoms with E-state index in [1.165, 1.54) is 0 Å². The summed E-state index contributed by atoms with van der Waals surface area (Å²) in [5.74, 6) is 0.310. The summed E-state index contributed by atoms with van der Waals surface area (Å²) in [6.45, 7) is 8.25. The van der Waals surface area contributed by atoms with Gasteiger partial charge in [0, 0.05) is 17.3 Å². The van der Waals surface area contributed by atoms with Gasteiger partial charge in [-0.3, -0.25) is 14.9 Å². The van der Waals surface area contributed by atoms with Crippen LogP contribution in [0.2, 0.25) is 0 Å². The van der Waals surface area contributed by atoms with E-state index in [0.29, 0.717) is 35.2 Å². The fourth-order valence-corrected chi connectivity index (χ4v) is 2.54. The van der Waals surface area contributed by atoms with E-state index in [9.17, 15) is 9.59 Å². The number of carbonyl (C=O) groups is 2. The summed E-state index contributed by atoms with van der Waals surface area (Å²) in [7, 11) is 0. The summed E-state index contributed by atoms with van der Waals surface area (Å²) < 4.78 is 5.73. The Balaban J connectivity index is 2.01. The molecule has 0 radical (unpaired) electrons. The molecule has 3 N–H and O–H groups in total. The van der Waals surface area contributed by atoms with Crippen molar-refractivity contribution in [2.24, 2.45) is 11.8 Å². The highest BCUT2D eigenvalue weighted by Crippen LogP contribution is 2.19. The van der Waals surface area contributed by atoms with Crippen molar-refractivity contribution >= 4 is 40.5 Å². The van der Waals surface area contributed by atoms with Crippen molar-refractivity contribution in [3.63, 3.8) is 0 Å². The number of hydrogen-bond donors (Lipinski definition) is 3. The Morgan fingerprint density at radius 2 is 1.62 bits per heavy atom. The van der Waals surface area contributed by atoms with Crippen LogP contribution in [-0.2, 0) is 4.79 Å². The van der Waals surface area contributed by atoms with E-state index < -0.39 is 0 Å². The Bertz CT molecular complexity index is 881. The lowest BCUT2D eigenvalue weighted by atomic mass is 10.2. The second-order valence-electron chi connectivity index (χ2n) is 7.33. The molecule has 2 aromatic carbocycles. The monoisotopic (exact) mass is 413 g/mol. The molecule has 2 aromatic rings. The third-order valence-corrected chi connectivity index (χ3v) is 4.05. The molecule has 0 heterocycles. The van der Waals surface area contributed by atoms with Gasteiger partial charge < -0.3 is 15.4 Å². The summed E-state index contributed by atoms with van der Waals surface area (Å²) in [5, 5.41) is 8.61. The first-order valence-electron chi connectivity index (χ1n) is 9.51. The van der Waals surface area contributed by atoms with Gasteiger partial charge in [0.2, 0.25) is 5.91 Å². The van der Waals surface area contributed by atoms with Crippen molar-refractivity contribution in [3.05, 3.63) is 54.1 Å². The molecular formula is C22H27N3O3S. The molecule has 0 atom stereocenters. The van der Waals surface area contributed by atoms with Crippen LogP contribution in [0.1, 0.15) is 38.1 Å². The molecule has 0 spiro atoms. The fourth-order valence-electron chi connectivity index (χ4n) is 2.33. The van der Waals surface area contributed by atoms with Gasteiger partial charge in [-0.15, -0.1) is 0 Å². The predicted octanol–water partition coefficient (Wildman–Crippen LogP) is 4.44. The molecule has 2 amide bonds. The lowest BCUT2D eigenvalue weighted by Crippen LogP contribution is -2.34. The van der Waals surface area contributed by atoms with Gasteiger partial charge in [-0.25, -0.2) is 0 Å². The maximum Gasteiger partial charge on any atom is 0.261 e. The lowest BCUT2D eigenvalue weighted by Gasteiger charge is -2.14. The molecule has 0 aliphatic rings. The summed E-state index contributed by atoms with van der Waals surface area (Å²) in [5.41, 5.74) is 1.71. The van der Waals surface area contributed by atoms with Crippen molar-refractivity contribution in [2.75, 3.05) is 17.2 Å². The van der Waals surface area contributed by atoms with Crippen LogP contribution >= 0.6 is 12.2 Å². The van der Waals surface area contributed by atoms with Gasteiger partial charge in [0.05, 0.1) is 12.2 Å². The average molecular weight is 414 g/mol. The van der Waals surface area contributed by atoms with Crippen molar-refractivity contribution in [1.29, 1.82) is 0 Å². The van der Waals surface area contributed by atoms with Crippen LogP contribution in [0.3, 0.4) is 0 Å². The number of carbonyl (C=O) groups excluding carboxylic acids is 2. The smallest absolute Gasteiger partial charge is 0.261 e. The van der Waals surface area contributed by atoms with Crippen molar-refractivity contribution in [3.8, 4) is 5.75 Å². The number of amides is 2. The van der Waals surface area contributed by atoms with Crippen LogP contribution in [0.4, 0.5) is 11.4 Å². The highest BCUT2D eigenvalue weighted by atomic mass is 32.1. The Morgan fingerprint density at radius 1 is 0.966 bits per heavy atom. The van der Waals surface area contributed by atoms with E-state index in [2.05, 4.69) is 16.0 Å². The zero-order chi connectivity index (χ0) is 21.4. The van der Waals surface area contributed by atoms with E-state index in [-0.39, 0.29) is 22.8 Å². The molecule has 0 saturated heterocycles. The molecule has 29 heavy (non-hydrogen) atoms. The SMILES string of the molecule is CC(C)COc1ccccc1C(=O)NC(=S)Nc1cccc(NC(=O)C(C)C)c1. The molecule has 0 bridgehead atoms. The second-order valence-corrected chi connectivity index (χ2v) is 7.74. The van der Waals surface area contributed by atoms with Crippen LogP contribution in [-0.4, -0.2) is 23.5 Å². The first-order valence-corrected chi connectivity index (χ1v) is 9.92. The minimum atomic E-state index is -0.355. The highest BCUT2D eigenvalue weighted by molar-refractivity contribution is 7.80. The normalized spacial score (nSPS) is 10.6. The summed E-state index contributed by atoms with van der Waals surface area (Å²) in [6, 6.07) is 14.2. The first kappa shape index (κ1) is 22.4. The average Bonchev–Trinajstić information content (AvgIpc) is 2.66. The van der Waals surface area contributed by atoms with Gasteiger partial charge in [0.1, 0.15) is 5.75 Å². The quantitative estimate of drug-likeness (QED) is 0.585. The predicted molar refractivity (Wildman–Crippen MR) is 120 cm³/mol. The van der Waals surface area contributed by atoms with Crippen LogP contribution < -0.4 is 20.7 Å². The zero-order valence-electron chi connectivity index (χ0n) is 17.1. The standard InChI is InChI=1S/C22H27N3O3S/c1-14(2)13-28-19-11-6-5-10-18(19)21(27)25-22(29)24-17-9-7-8-16(12-17)23-20(26)15(3)4/h5-12,14-15H,13H2,1-4H3,(H,23,26)(H2,24,25,27,29). The molecule has 0 saturated carbocycles. The summed E-state index contributed by atoms with van der Waals surface area (Å²) in [6.07, 6.45) is 0. The highest BCUT2D eigenvalue weighted by Gasteiger charge is 2.14. The topological polar surface area (TPSA) is 79.5 Å². The van der Waals surface area contributed by atoms with Crippen molar-refractivity contribution in [2.45, 2.75) is 27.7 Å². The Morgan fingerprint density at radius 3 is 2.28 bits per heavy atom. The van der Waals surface area contributed by atoms with E-state index in [1.807, 2.05) is 33.8 Å². The summed E-state index contributed by atoms with van der Waals surface area (Å²) in [4.78, 5) is 24.5. The van der Waals surface area contributed by atoms with Crippen LogP contribution in [0, 0.1) is 11.8 Å². The van der Waals surface area contributed by atoms with Gasteiger partial charge in [0.25, 0.3) is 5.91 Å². The fraction of sp³-hybridized carbons (Fsp3) is 0.318. The van der Waals surface area contributed by atoms with Gasteiger partial charge in [-0.1, -0.05) is 45.9 Å². The molecule has 7 heteroatoms. The number of nitrogens with one attached hydrogen (secondary N) is 3. The first-order chi connectivity index (χ1) is 13.8. The Labute approximate surface area is 177 Å². The van der Waals surface area contributed by atoms with Gasteiger partial charge in [-0.05, 0) is 48.5 Å². The molecule has 0 aliphatic carbocycles. The largest absolute Gasteiger partial charge is 0.492 e. The molecule has 0 aromatic heterocycles. The molecular weight excluding hydrogens is 386 g/mol. The molecule has 0 unspecified atom stereocenters. The van der Waals surface area contributed by atoms with Crippen LogP contribution in [0.15, 0.2) is 48.5 Å². The second kappa shape index (κ2) is 10.6. The number of anilines is 2. The third kappa shape index (κ3) is 7.19. The Kier molecular flexibility index (Phi) is 8.15. The van der Waals surface area contributed by atoms with E-state index >= 15 is 0 Å². The van der Waals surface area contributed by atoms with Gasteiger partial charge >= 0.3 is 0 Å². The van der Waals surface area contributed by atoms with E-state index in [0.717, 1.165) is 0 Å². The Hall–Kier alpha value is -2.93. The number of ether oxygens (including phenoxy) is 1. The van der Waals surface area contributed by atoms with Gasteiger partial charge in [-0.2, -0.15) is 0 Å². The van der Waals surface area contributed by atoms with Crippen molar-refractivity contribution in [1.82, 2.24) is 5.32 Å². The number of thiocarbonyl (C=S) groups is 1. The molecule has 0 aliphatic heterocycles. The number of benzene rings is 2. The maximum absolute atomic E-state index is 12.6. The lowest BCUT2D eigenvalue weighted by molar-refractivity contribution is -0.118. The number of para-hydroxylation sites is 1. The van der Waals surface area contributed by atoms with E-state index in [1.54, 1.807) is 42.5 Å². The molecule has 0 fully saturated rings. The van der Waals surface area contributed by atoms with Crippen LogP contribution in [0.25, 0.3) is 0 Å². The van der Waals surface area contributed by atoms with Crippen LogP contribution in [0.5, 0.6) is 5.75 Å². The number of rotatable bonds is 7.